The van der Waals surface area contributed by atoms with Gasteiger partial charge in [0.1, 0.15) is 0 Å². The van der Waals surface area contributed by atoms with Gasteiger partial charge in [0.25, 0.3) is 0 Å². The average Bonchev–Trinajstić information content (AvgIpc) is 2.42. The Balaban J connectivity index is 2.77. The number of pyridine rings is 1. The number of rotatable bonds is 6. The summed E-state index contributed by atoms with van der Waals surface area (Å²) in [5, 5.41) is 8.69. The van der Waals surface area contributed by atoms with Crippen LogP contribution in [0.15, 0.2) is 24.5 Å². The highest BCUT2D eigenvalue weighted by molar-refractivity contribution is 5.79. The first-order valence-electron chi connectivity index (χ1n) is 6.36. The van der Waals surface area contributed by atoms with Crippen LogP contribution in [0.5, 0.6) is 0 Å². The number of hydrogen-bond acceptors (Lipinski definition) is 4. The average molecular weight is 260 g/mol. The topological polar surface area (TPSA) is 83.0 Å². The van der Waals surface area contributed by atoms with Crippen LogP contribution < -0.4 is 5.73 Å². The van der Waals surface area contributed by atoms with E-state index in [2.05, 4.69) is 11.1 Å². The molecule has 2 unspecified atom stereocenters. The number of aromatic nitrogens is 1. The van der Waals surface area contributed by atoms with Gasteiger partial charge in [0.05, 0.1) is 18.4 Å². The van der Waals surface area contributed by atoms with Gasteiger partial charge in [0.2, 0.25) is 5.91 Å². The van der Waals surface area contributed by atoms with Gasteiger partial charge in [-0.1, -0.05) is 13.0 Å². The van der Waals surface area contributed by atoms with E-state index in [9.17, 15) is 4.79 Å². The van der Waals surface area contributed by atoms with Gasteiger partial charge < -0.3 is 10.6 Å². The fraction of sp³-hybridized carbons (Fsp3) is 0.500. The zero-order chi connectivity index (χ0) is 14.3. The Kier molecular flexibility index (Phi) is 5.97. The maximum absolute atomic E-state index is 12.3. The molecule has 0 aliphatic heterocycles. The highest BCUT2D eigenvalue weighted by Gasteiger charge is 2.23. The summed E-state index contributed by atoms with van der Waals surface area (Å²) in [6.07, 6.45) is 3.73. The van der Waals surface area contributed by atoms with E-state index in [1.54, 1.807) is 17.3 Å². The van der Waals surface area contributed by atoms with Gasteiger partial charge in [-0.25, -0.2) is 0 Å². The molecule has 1 amide bonds. The number of amides is 1. The number of carbonyl (C=O) groups is 1. The molecule has 0 aromatic carbocycles. The van der Waals surface area contributed by atoms with E-state index in [0.29, 0.717) is 19.5 Å². The molecule has 102 valence electrons. The van der Waals surface area contributed by atoms with Crippen molar-refractivity contribution in [1.82, 2.24) is 9.88 Å². The molecule has 0 fully saturated rings. The Morgan fingerprint density at radius 1 is 1.58 bits per heavy atom. The molecule has 2 N–H and O–H groups in total. The van der Waals surface area contributed by atoms with Gasteiger partial charge in [-0.05, 0) is 18.6 Å². The highest BCUT2D eigenvalue weighted by Crippen LogP contribution is 2.11. The van der Waals surface area contributed by atoms with Crippen LogP contribution in [0.2, 0.25) is 0 Å². The molecule has 1 aromatic heterocycles. The van der Waals surface area contributed by atoms with E-state index in [0.717, 1.165) is 5.56 Å². The minimum atomic E-state index is -0.254. The molecule has 0 bridgehead atoms. The summed E-state index contributed by atoms with van der Waals surface area (Å²) in [6, 6.07) is 5.61. The van der Waals surface area contributed by atoms with E-state index in [1.807, 2.05) is 26.0 Å². The van der Waals surface area contributed by atoms with Crippen molar-refractivity contribution < 1.29 is 4.79 Å². The number of nitrogens with zero attached hydrogens (tertiary/aromatic N) is 3. The molecule has 0 saturated carbocycles. The summed E-state index contributed by atoms with van der Waals surface area (Å²) in [5.74, 6) is -0.274. The van der Waals surface area contributed by atoms with Gasteiger partial charge in [-0.2, -0.15) is 5.26 Å². The van der Waals surface area contributed by atoms with Crippen LogP contribution in [-0.2, 0) is 11.3 Å². The van der Waals surface area contributed by atoms with Crippen LogP contribution in [0.3, 0.4) is 0 Å². The fourth-order valence-electron chi connectivity index (χ4n) is 1.68. The summed E-state index contributed by atoms with van der Waals surface area (Å²) < 4.78 is 0. The van der Waals surface area contributed by atoms with Gasteiger partial charge in [-0.15, -0.1) is 0 Å². The van der Waals surface area contributed by atoms with Crippen molar-refractivity contribution in [3.8, 4) is 6.07 Å². The van der Waals surface area contributed by atoms with Crippen LogP contribution in [0.1, 0.15) is 25.8 Å². The second-order valence-corrected chi connectivity index (χ2v) is 4.68. The SMILES string of the molecule is CC(N)C(C)C(=O)N(CCC#N)Cc1cccnc1. The molecule has 0 saturated heterocycles. The van der Waals surface area contributed by atoms with Crippen molar-refractivity contribution in [1.29, 1.82) is 5.26 Å². The summed E-state index contributed by atoms with van der Waals surface area (Å²) in [4.78, 5) is 18.0. The predicted molar refractivity (Wildman–Crippen MR) is 72.7 cm³/mol. The summed E-state index contributed by atoms with van der Waals surface area (Å²) in [7, 11) is 0. The van der Waals surface area contributed by atoms with E-state index in [-0.39, 0.29) is 17.9 Å². The molecule has 5 heteroatoms. The molecule has 0 aliphatic rings. The Hall–Kier alpha value is -1.93. The predicted octanol–water partition coefficient (Wildman–Crippen LogP) is 1.31. The van der Waals surface area contributed by atoms with E-state index in [4.69, 9.17) is 11.0 Å². The van der Waals surface area contributed by atoms with Gasteiger partial charge in [-0.3, -0.25) is 9.78 Å². The second kappa shape index (κ2) is 7.49. The third kappa shape index (κ3) is 4.68. The molecule has 0 aliphatic carbocycles. The van der Waals surface area contributed by atoms with Gasteiger partial charge in [0.15, 0.2) is 0 Å². The van der Waals surface area contributed by atoms with Crippen LogP contribution in [0.4, 0.5) is 0 Å². The zero-order valence-electron chi connectivity index (χ0n) is 11.4. The Morgan fingerprint density at radius 2 is 2.32 bits per heavy atom. The molecule has 1 heterocycles. The summed E-state index contributed by atoms with van der Waals surface area (Å²) >= 11 is 0. The normalized spacial score (nSPS) is 13.4. The van der Waals surface area contributed by atoms with Crippen molar-refractivity contribution in [2.75, 3.05) is 6.54 Å². The smallest absolute Gasteiger partial charge is 0.227 e. The molecular formula is C14H20N4O. The van der Waals surface area contributed by atoms with Crippen LogP contribution in [0, 0.1) is 17.2 Å². The van der Waals surface area contributed by atoms with Crippen molar-refractivity contribution in [3.05, 3.63) is 30.1 Å². The summed E-state index contributed by atoms with van der Waals surface area (Å²) in [6.45, 7) is 4.51. The summed E-state index contributed by atoms with van der Waals surface area (Å²) in [5.41, 5.74) is 6.72. The van der Waals surface area contributed by atoms with E-state index >= 15 is 0 Å². The first-order chi connectivity index (χ1) is 9.06. The molecule has 19 heavy (non-hydrogen) atoms. The minimum absolute atomic E-state index is 0.0193. The molecule has 1 aromatic rings. The second-order valence-electron chi connectivity index (χ2n) is 4.68. The Morgan fingerprint density at radius 3 is 2.84 bits per heavy atom. The largest absolute Gasteiger partial charge is 0.337 e. The van der Waals surface area contributed by atoms with Gasteiger partial charge in [0, 0.05) is 31.5 Å². The lowest BCUT2D eigenvalue weighted by atomic mass is 10.0. The maximum atomic E-state index is 12.3. The van der Waals surface area contributed by atoms with Crippen molar-refractivity contribution in [3.63, 3.8) is 0 Å². The van der Waals surface area contributed by atoms with E-state index in [1.165, 1.54) is 0 Å². The minimum Gasteiger partial charge on any atom is -0.337 e. The molecular weight excluding hydrogens is 240 g/mol. The maximum Gasteiger partial charge on any atom is 0.227 e. The monoisotopic (exact) mass is 260 g/mol. The van der Waals surface area contributed by atoms with Crippen LogP contribution in [-0.4, -0.2) is 28.4 Å². The fourth-order valence-corrected chi connectivity index (χ4v) is 1.68. The molecule has 0 spiro atoms. The lowest BCUT2D eigenvalue weighted by molar-refractivity contribution is -0.136. The zero-order valence-corrected chi connectivity index (χ0v) is 11.4. The molecule has 5 nitrogen and oxygen atoms in total. The third-order valence-electron chi connectivity index (χ3n) is 3.08. The third-order valence-corrected chi connectivity index (χ3v) is 3.08. The van der Waals surface area contributed by atoms with Crippen molar-refractivity contribution in [2.24, 2.45) is 11.7 Å². The van der Waals surface area contributed by atoms with Crippen molar-refractivity contribution in [2.45, 2.75) is 32.9 Å². The lowest BCUT2D eigenvalue weighted by Gasteiger charge is -2.26. The number of nitriles is 1. The van der Waals surface area contributed by atoms with Crippen LogP contribution >= 0.6 is 0 Å². The first-order valence-corrected chi connectivity index (χ1v) is 6.36. The standard InChI is InChI=1S/C14H20N4O/c1-11(12(2)16)14(19)18(8-4-6-15)10-13-5-3-7-17-9-13/h3,5,7,9,11-12H,4,8,10,16H2,1-2H3. The van der Waals surface area contributed by atoms with Crippen LogP contribution in [0.25, 0.3) is 0 Å². The number of carbonyl (C=O) groups excluding carboxylic acids is 1. The first kappa shape index (κ1) is 15.1. The molecule has 0 radical (unpaired) electrons. The number of nitrogens with two attached hydrogens (primary N) is 1. The van der Waals surface area contributed by atoms with Crippen molar-refractivity contribution >= 4 is 5.91 Å². The highest BCUT2D eigenvalue weighted by atomic mass is 16.2. The lowest BCUT2D eigenvalue weighted by Crippen LogP contribution is -2.41. The van der Waals surface area contributed by atoms with E-state index < -0.39 is 0 Å². The number of hydrogen-bond donors (Lipinski definition) is 1. The molecule has 2 atom stereocenters. The quantitative estimate of drug-likeness (QED) is 0.835. The van der Waals surface area contributed by atoms with Gasteiger partial charge >= 0.3 is 0 Å². The molecule has 1 rings (SSSR count). The Labute approximate surface area is 114 Å². The Bertz CT molecular complexity index is 439.